The van der Waals surface area contributed by atoms with Gasteiger partial charge in [-0.1, -0.05) is 25.4 Å². The molecule has 0 spiro atoms. The Morgan fingerprint density at radius 2 is 2.33 bits per heavy atom. The van der Waals surface area contributed by atoms with Crippen molar-refractivity contribution in [2.75, 3.05) is 18.5 Å². The van der Waals surface area contributed by atoms with E-state index in [0.717, 1.165) is 11.1 Å². The first-order valence-corrected chi connectivity index (χ1v) is 7.54. The summed E-state index contributed by atoms with van der Waals surface area (Å²) in [6, 6.07) is 0.182. The van der Waals surface area contributed by atoms with Crippen molar-refractivity contribution in [3.05, 3.63) is 21.6 Å². The first-order valence-electron chi connectivity index (χ1n) is 7.16. The van der Waals surface area contributed by atoms with Gasteiger partial charge in [0.2, 0.25) is 0 Å². The molecule has 2 rings (SSSR count). The zero-order valence-electron chi connectivity index (χ0n) is 12.6. The number of ether oxygens (including phenoxy) is 1. The Kier molecular flexibility index (Phi) is 4.91. The number of nitrogens with one attached hydrogen (secondary N) is 1. The van der Waals surface area contributed by atoms with Crippen molar-refractivity contribution in [3.8, 4) is 0 Å². The Bertz CT molecular complexity index is 559. The molecule has 1 aromatic rings. The lowest BCUT2D eigenvalue weighted by molar-refractivity contribution is -0.0976. The summed E-state index contributed by atoms with van der Waals surface area (Å²) in [6.07, 6.45) is 2.61. The van der Waals surface area contributed by atoms with E-state index in [-0.39, 0.29) is 35.7 Å². The maximum Gasteiger partial charge on any atom is 0.287 e. The fourth-order valence-electron chi connectivity index (χ4n) is 2.62. The Balaban J connectivity index is 2.11. The van der Waals surface area contributed by atoms with Crippen LogP contribution in [0.4, 0.5) is 5.69 Å². The second kappa shape index (κ2) is 6.34. The zero-order valence-corrected chi connectivity index (χ0v) is 13.4. The summed E-state index contributed by atoms with van der Waals surface area (Å²) in [5, 5.41) is 16.3. The molecule has 0 radical (unpaired) electrons. The van der Waals surface area contributed by atoms with Gasteiger partial charge in [-0.25, -0.2) is 4.68 Å². The van der Waals surface area contributed by atoms with Crippen LogP contribution in [0.2, 0.25) is 5.02 Å². The number of halogens is 1. The van der Waals surface area contributed by atoms with E-state index in [2.05, 4.69) is 24.3 Å². The van der Waals surface area contributed by atoms with Crippen LogP contribution in [0.1, 0.15) is 27.2 Å². The minimum absolute atomic E-state index is 0.0285. The first-order chi connectivity index (χ1) is 9.91. The van der Waals surface area contributed by atoms with Gasteiger partial charge in [0.1, 0.15) is 5.02 Å². The molecule has 0 aromatic carbocycles. The SMILES string of the molecule is CCOC1CC(Nc2cnn(CCO)c(=O)c2Cl)C1(C)C. The largest absolute Gasteiger partial charge is 0.394 e. The van der Waals surface area contributed by atoms with E-state index in [1.54, 1.807) is 0 Å². The third-order valence-electron chi connectivity index (χ3n) is 4.17. The van der Waals surface area contributed by atoms with Crippen LogP contribution in [0.15, 0.2) is 11.0 Å². The smallest absolute Gasteiger partial charge is 0.287 e. The molecule has 0 saturated heterocycles. The van der Waals surface area contributed by atoms with Gasteiger partial charge in [-0.3, -0.25) is 4.79 Å². The summed E-state index contributed by atoms with van der Waals surface area (Å²) in [6.45, 7) is 6.92. The second-order valence-electron chi connectivity index (χ2n) is 5.82. The zero-order chi connectivity index (χ0) is 15.6. The number of rotatable bonds is 6. The molecule has 2 N–H and O–H groups in total. The van der Waals surface area contributed by atoms with Gasteiger partial charge in [0, 0.05) is 18.1 Å². The second-order valence-corrected chi connectivity index (χ2v) is 6.20. The molecule has 1 aromatic heterocycles. The van der Waals surface area contributed by atoms with Crippen molar-refractivity contribution in [1.29, 1.82) is 0 Å². The lowest BCUT2D eigenvalue weighted by atomic mass is 9.64. The molecule has 2 atom stereocenters. The molecule has 1 aliphatic rings. The highest BCUT2D eigenvalue weighted by Crippen LogP contribution is 2.44. The third-order valence-corrected chi connectivity index (χ3v) is 4.54. The van der Waals surface area contributed by atoms with Crippen molar-refractivity contribution in [2.45, 2.75) is 45.9 Å². The molecular weight excluding hydrogens is 294 g/mol. The van der Waals surface area contributed by atoms with E-state index >= 15 is 0 Å². The van der Waals surface area contributed by atoms with Gasteiger partial charge in [0.15, 0.2) is 0 Å². The van der Waals surface area contributed by atoms with Crippen LogP contribution >= 0.6 is 11.6 Å². The molecule has 0 bridgehead atoms. The molecule has 21 heavy (non-hydrogen) atoms. The highest BCUT2D eigenvalue weighted by molar-refractivity contribution is 6.32. The Labute approximate surface area is 129 Å². The predicted molar refractivity (Wildman–Crippen MR) is 81.8 cm³/mol. The average Bonchev–Trinajstić information content (AvgIpc) is 2.45. The normalized spacial score (nSPS) is 23.7. The maximum atomic E-state index is 12.0. The Hall–Kier alpha value is -1.11. The Morgan fingerprint density at radius 1 is 1.62 bits per heavy atom. The minimum Gasteiger partial charge on any atom is -0.394 e. The molecular formula is C14H22ClN3O3. The monoisotopic (exact) mass is 315 g/mol. The number of aliphatic hydroxyl groups is 1. The number of hydrogen-bond acceptors (Lipinski definition) is 5. The van der Waals surface area contributed by atoms with Crippen LogP contribution < -0.4 is 10.9 Å². The van der Waals surface area contributed by atoms with Gasteiger partial charge in [0.05, 0.1) is 31.1 Å². The summed E-state index contributed by atoms with van der Waals surface area (Å²) in [5.74, 6) is 0. The van der Waals surface area contributed by atoms with Crippen molar-refractivity contribution in [3.63, 3.8) is 0 Å². The van der Waals surface area contributed by atoms with Crippen LogP contribution in [0, 0.1) is 5.41 Å². The first kappa shape index (κ1) is 16.3. The van der Waals surface area contributed by atoms with Crippen LogP contribution in [0.5, 0.6) is 0 Å². The van der Waals surface area contributed by atoms with E-state index in [4.69, 9.17) is 21.4 Å². The highest BCUT2D eigenvalue weighted by atomic mass is 35.5. The fourth-order valence-corrected chi connectivity index (χ4v) is 2.82. The van der Waals surface area contributed by atoms with Gasteiger partial charge >= 0.3 is 0 Å². The average molecular weight is 316 g/mol. The molecule has 1 heterocycles. The van der Waals surface area contributed by atoms with E-state index in [9.17, 15) is 4.79 Å². The van der Waals surface area contributed by atoms with Gasteiger partial charge in [-0.15, -0.1) is 0 Å². The lowest BCUT2D eigenvalue weighted by Crippen LogP contribution is -2.58. The molecule has 6 nitrogen and oxygen atoms in total. The molecule has 2 unspecified atom stereocenters. The van der Waals surface area contributed by atoms with E-state index in [0.29, 0.717) is 12.3 Å². The van der Waals surface area contributed by atoms with Crippen molar-refractivity contribution in [2.24, 2.45) is 5.41 Å². The van der Waals surface area contributed by atoms with Gasteiger partial charge in [-0.2, -0.15) is 5.10 Å². The van der Waals surface area contributed by atoms with Gasteiger partial charge in [0.25, 0.3) is 5.56 Å². The number of nitrogens with zero attached hydrogens (tertiary/aromatic N) is 2. The molecule has 118 valence electrons. The van der Waals surface area contributed by atoms with Gasteiger partial charge < -0.3 is 15.2 Å². The van der Waals surface area contributed by atoms with Crippen LogP contribution in [-0.4, -0.2) is 40.2 Å². The summed E-state index contributed by atoms with van der Waals surface area (Å²) < 4.78 is 6.84. The lowest BCUT2D eigenvalue weighted by Gasteiger charge is -2.52. The third kappa shape index (κ3) is 3.07. The number of hydrogen-bond donors (Lipinski definition) is 2. The van der Waals surface area contributed by atoms with E-state index < -0.39 is 5.56 Å². The quantitative estimate of drug-likeness (QED) is 0.832. The highest BCUT2D eigenvalue weighted by Gasteiger charge is 2.49. The number of aliphatic hydroxyl groups excluding tert-OH is 1. The van der Waals surface area contributed by atoms with Crippen LogP contribution in [0.3, 0.4) is 0 Å². The molecule has 1 aliphatic carbocycles. The molecule has 0 aliphatic heterocycles. The van der Waals surface area contributed by atoms with Crippen LogP contribution in [0.25, 0.3) is 0 Å². The molecule has 1 fully saturated rings. The Morgan fingerprint density at radius 3 is 2.90 bits per heavy atom. The maximum absolute atomic E-state index is 12.0. The number of anilines is 1. The molecule has 1 saturated carbocycles. The van der Waals surface area contributed by atoms with Crippen molar-refractivity contribution in [1.82, 2.24) is 9.78 Å². The predicted octanol–water partition coefficient (Wildman–Crippen LogP) is 1.50. The van der Waals surface area contributed by atoms with Crippen molar-refractivity contribution < 1.29 is 9.84 Å². The topological polar surface area (TPSA) is 76.4 Å². The van der Waals surface area contributed by atoms with Gasteiger partial charge in [-0.05, 0) is 13.3 Å². The minimum atomic E-state index is -0.394. The number of aromatic nitrogens is 2. The summed E-state index contributed by atoms with van der Waals surface area (Å²) in [7, 11) is 0. The fraction of sp³-hybridized carbons (Fsp3) is 0.714. The van der Waals surface area contributed by atoms with Crippen LogP contribution in [-0.2, 0) is 11.3 Å². The standard InChI is InChI=1S/C14H22ClN3O3/c1-4-21-11-7-10(14(11,2)3)17-9-8-16-18(5-6-19)13(20)12(9)15/h8,10-11,17,19H,4-7H2,1-3H3. The van der Waals surface area contributed by atoms with Crippen molar-refractivity contribution >= 4 is 17.3 Å². The summed E-state index contributed by atoms with van der Waals surface area (Å²) >= 11 is 6.10. The van der Waals surface area contributed by atoms with E-state index in [1.165, 1.54) is 6.20 Å². The molecule has 0 amide bonds. The van der Waals surface area contributed by atoms with E-state index in [1.807, 2.05) is 6.92 Å². The summed E-state index contributed by atoms with van der Waals surface area (Å²) in [5.41, 5.74) is 0.109. The molecule has 7 heteroatoms. The summed E-state index contributed by atoms with van der Waals surface area (Å²) in [4.78, 5) is 12.0.